The predicted molar refractivity (Wildman–Crippen MR) is 59.9 cm³/mol. The van der Waals surface area contributed by atoms with Crippen LogP contribution in [0.4, 0.5) is 0 Å². The Morgan fingerprint density at radius 1 is 1.67 bits per heavy atom. The second-order valence-corrected chi connectivity index (χ2v) is 4.78. The minimum atomic E-state index is -0.704. The van der Waals surface area contributed by atoms with E-state index in [4.69, 9.17) is 5.11 Å². The summed E-state index contributed by atoms with van der Waals surface area (Å²) < 4.78 is 0. The molecule has 1 heterocycles. The van der Waals surface area contributed by atoms with E-state index in [9.17, 15) is 4.79 Å². The first kappa shape index (κ1) is 12.5. The van der Waals surface area contributed by atoms with Crippen molar-refractivity contribution in [1.29, 1.82) is 0 Å². The van der Waals surface area contributed by atoms with Gasteiger partial charge in [-0.1, -0.05) is 6.92 Å². The van der Waals surface area contributed by atoms with Crippen LogP contribution in [0.25, 0.3) is 0 Å². The Morgan fingerprint density at radius 3 is 2.93 bits per heavy atom. The molecule has 2 N–H and O–H groups in total. The van der Waals surface area contributed by atoms with E-state index in [2.05, 4.69) is 17.3 Å². The molecule has 1 aliphatic rings. The molecule has 1 rings (SSSR count). The lowest BCUT2D eigenvalue weighted by Gasteiger charge is -2.14. The van der Waals surface area contributed by atoms with E-state index in [0.29, 0.717) is 0 Å². The number of likely N-dealkylation sites (tertiary alicyclic amines) is 1. The molecule has 1 aliphatic heterocycles. The van der Waals surface area contributed by atoms with Gasteiger partial charge in [0.25, 0.3) is 0 Å². The van der Waals surface area contributed by atoms with Gasteiger partial charge < -0.3 is 15.3 Å². The molecule has 0 spiro atoms. The minimum Gasteiger partial charge on any atom is -0.481 e. The molecule has 15 heavy (non-hydrogen) atoms. The van der Waals surface area contributed by atoms with Crippen molar-refractivity contribution in [3.63, 3.8) is 0 Å². The molecule has 0 saturated carbocycles. The third-order valence-corrected chi connectivity index (χ3v) is 2.94. The number of hydrogen-bond acceptors (Lipinski definition) is 3. The highest BCUT2D eigenvalue weighted by Gasteiger charge is 2.18. The van der Waals surface area contributed by atoms with Crippen LogP contribution in [0.3, 0.4) is 0 Å². The lowest BCUT2D eigenvalue weighted by Crippen LogP contribution is -2.29. The van der Waals surface area contributed by atoms with Crippen LogP contribution in [-0.4, -0.2) is 49.2 Å². The molecule has 2 unspecified atom stereocenters. The van der Waals surface area contributed by atoms with Crippen molar-refractivity contribution in [2.45, 2.75) is 19.8 Å². The van der Waals surface area contributed by atoms with E-state index in [1.165, 1.54) is 19.5 Å². The Kier molecular flexibility index (Phi) is 5.05. The van der Waals surface area contributed by atoms with Gasteiger partial charge in [0, 0.05) is 13.0 Å². The zero-order chi connectivity index (χ0) is 11.3. The summed E-state index contributed by atoms with van der Waals surface area (Å²) in [5, 5.41) is 12.0. The number of carbonyl (C=O) groups is 1. The molecule has 2 atom stereocenters. The molecule has 1 saturated heterocycles. The fourth-order valence-electron chi connectivity index (χ4n) is 2.10. The smallest absolute Gasteiger partial charge is 0.303 e. The quantitative estimate of drug-likeness (QED) is 0.681. The number of nitrogens with zero attached hydrogens (tertiary/aromatic N) is 1. The third-order valence-electron chi connectivity index (χ3n) is 2.94. The SMILES string of the molecule is CC(CNCC1CCN(C)C1)CC(=O)O. The molecule has 0 aromatic heterocycles. The maximum atomic E-state index is 10.4. The van der Waals surface area contributed by atoms with Gasteiger partial charge in [-0.25, -0.2) is 0 Å². The summed E-state index contributed by atoms with van der Waals surface area (Å²) in [6.07, 6.45) is 1.52. The van der Waals surface area contributed by atoms with Crippen molar-refractivity contribution >= 4 is 5.97 Å². The second-order valence-electron chi connectivity index (χ2n) is 4.78. The second kappa shape index (κ2) is 6.08. The lowest BCUT2D eigenvalue weighted by atomic mass is 10.1. The van der Waals surface area contributed by atoms with Crippen molar-refractivity contribution in [3.8, 4) is 0 Å². The summed E-state index contributed by atoms with van der Waals surface area (Å²) >= 11 is 0. The van der Waals surface area contributed by atoms with Gasteiger partial charge in [-0.2, -0.15) is 0 Å². The number of rotatable bonds is 6. The molecule has 0 bridgehead atoms. The molecular formula is C11H22N2O2. The van der Waals surface area contributed by atoms with E-state index in [-0.39, 0.29) is 12.3 Å². The number of carboxylic acids is 1. The first-order valence-corrected chi connectivity index (χ1v) is 5.69. The standard InChI is InChI=1S/C11H22N2O2/c1-9(5-11(14)15)6-12-7-10-3-4-13(2)8-10/h9-10,12H,3-8H2,1-2H3,(H,14,15). The van der Waals surface area contributed by atoms with Crippen LogP contribution in [0.5, 0.6) is 0 Å². The maximum Gasteiger partial charge on any atom is 0.303 e. The fourth-order valence-corrected chi connectivity index (χ4v) is 2.10. The molecule has 1 fully saturated rings. The Bertz CT molecular complexity index is 209. The fraction of sp³-hybridized carbons (Fsp3) is 0.909. The average molecular weight is 214 g/mol. The van der Waals surface area contributed by atoms with Crippen molar-refractivity contribution in [2.24, 2.45) is 11.8 Å². The van der Waals surface area contributed by atoms with Crippen molar-refractivity contribution < 1.29 is 9.90 Å². The Balaban J connectivity index is 2.03. The third kappa shape index (κ3) is 5.14. The van der Waals surface area contributed by atoms with Crippen LogP contribution < -0.4 is 5.32 Å². The highest BCUT2D eigenvalue weighted by molar-refractivity contribution is 5.66. The number of nitrogens with one attached hydrogen (secondary N) is 1. The first-order chi connectivity index (χ1) is 7.08. The van der Waals surface area contributed by atoms with Crippen molar-refractivity contribution in [3.05, 3.63) is 0 Å². The molecule has 0 radical (unpaired) electrons. The number of hydrogen-bond donors (Lipinski definition) is 2. The topological polar surface area (TPSA) is 52.6 Å². The summed E-state index contributed by atoms with van der Waals surface area (Å²) in [5.41, 5.74) is 0. The lowest BCUT2D eigenvalue weighted by molar-refractivity contribution is -0.137. The number of aliphatic carboxylic acids is 1. The van der Waals surface area contributed by atoms with Gasteiger partial charge in [-0.15, -0.1) is 0 Å². The Labute approximate surface area is 91.6 Å². The molecule has 0 aromatic rings. The summed E-state index contributed by atoms with van der Waals surface area (Å²) in [6, 6.07) is 0. The summed E-state index contributed by atoms with van der Waals surface area (Å²) in [5.74, 6) is 0.263. The maximum absolute atomic E-state index is 10.4. The van der Waals surface area contributed by atoms with Crippen LogP contribution in [0.15, 0.2) is 0 Å². The molecule has 0 amide bonds. The van der Waals surface area contributed by atoms with Crippen molar-refractivity contribution in [1.82, 2.24) is 10.2 Å². The number of carboxylic acid groups (broad SMARTS) is 1. The van der Waals surface area contributed by atoms with E-state index < -0.39 is 5.97 Å². The first-order valence-electron chi connectivity index (χ1n) is 5.69. The molecular weight excluding hydrogens is 192 g/mol. The molecule has 4 heteroatoms. The van der Waals surface area contributed by atoms with Crippen LogP contribution >= 0.6 is 0 Å². The summed E-state index contributed by atoms with van der Waals surface area (Å²) in [7, 11) is 2.15. The predicted octanol–water partition coefficient (Wildman–Crippen LogP) is 0.639. The minimum absolute atomic E-state index is 0.224. The molecule has 0 aliphatic carbocycles. The Morgan fingerprint density at radius 2 is 2.40 bits per heavy atom. The van der Waals surface area contributed by atoms with Gasteiger partial charge in [0.2, 0.25) is 0 Å². The van der Waals surface area contributed by atoms with E-state index in [0.717, 1.165) is 19.0 Å². The van der Waals surface area contributed by atoms with Crippen LogP contribution in [0, 0.1) is 11.8 Å². The summed E-state index contributed by atoms with van der Waals surface area (Å²) in [6.45, 7) is 6.17. The highest BCUT2D eigenvalue weighted by Crippen LogP contribution is 2.12. The van der Waals surface area contributed by atoms with E-state index in [1.54, 1.807) is 0 Å². The highest BCUT2D eigenvalue weighted by atomic mass is 16.4. The molecule has 88 valence electrons. The monoisotopic (exact) mass is 214 g/mol. The zero-order valence-corrected chi connectivity index (χ0v) is 9.70. The van der Waals surface area contributed by atoms with Crippen LogP contribution in [-0.2, 0) is 4.79 Å². The van der Waals surface area contributed by atoms with Crippen LogP contribution in [0.1, 0.15) is 19.8 Å². The summed E-state index contributed by atoms with van der Waals surface area (Å²) in [4.78, 5) is 12.8. The Hall–Kier alpha value is -0.610. The van der Waals surface area contributed by atoms with Gasteiger partial charge in [0.1, 0.15) is 0 Å². The van der Waals surface area contributed by atoms with Crippen LogP contribution in [0.2, 0.25) is 0 Å². The molecule has 0 aromatic carbocycles. The van der Waals surface area contributed by atoms with Gasteiger partial charge in [-0.3, -0.25) is 4.79 Å². The van der Waals surface area contributed by atoms with Gasteiger partial charge in [-0.05, 0) is 44.9 Å². The molecule has 4 nitrogen and oxygen atoms in total. The van der Waals surface area contributed by atoms with E-state index in [1.807, 2.05) is 6.92 Å². The van der Waals surface area contributed by atoms with Gasteiger partial charge >= 0.3 is 5.97 Å². The van der Waals surface area contributed by atoms with Crippen molar-refractivity contribution in [2.75, 3.05) is 33.2 Å². The normalized spacial score (nSPS) is 24.3. The van der Waals surface area contributed by atoms with E-state index >= 15 is 0 Å². The van der Waals surface area contributed by atoms with Gasteiger partial charge in [0.15, 0.2) is 0 Å². The average Bonchev–Trinajstić information content (AvgIpc) is 2.50. The van der Waals surface area contributed by atoms with Gasteiger partial charge in [0.05, 0.1) is 0 Å². The largest absolute Gasteiger partial charge is 0.481 e. The zero-order valence-electron chi connectivity index (χ0n) is 9.70.